The van der Waals surface area contributed by atoms with Crippen LogP contribution in [0.3, 0.4) is 0 Å². The lowest BCUT2D eigenvalue weighted by Gasteiger charge is -2.20. The van der Waals surface area contributed by atoms with Crippen LogP contribution in [-0.2, 0) is 11.3 Å². The number of hydrogen-bond acceptors (Lipinski definition) is 4. The zero-order valence-corrected chi connectivity index (χ0v) is 24.8. The second kappa shape index (κ2) is 12.9. The lowest BCUT2D eigenvalue weighted by atomic mass is 10.0. The number of halogens is 1. The molecule has 1 heterocycles. The van der Waals surface area contributed by atoms with Gasteiger partial charge in [-0.15, -0.1) is 0 Å². The number of ether oxygens (including phenoxy) is 1. The highest BCUT2D eigenvalue weighted by atomic mass is 19.1. The van der Waals surface area contributed by atoms with E-state index in [0.29, 0.717) is 28.1 Å². The third kappa shape index (κ3) is 6.84. The Labute approximate surface area is 256 Å². The van der Waals surface area contributed by atoms with Crippen LogP contribution in [0.1, 0.15) is 57.4 Å². The summed E-state index contributed by atoms with van der Waals surface area (Å²) in [5.41, 5.74) is 2.84. The summed E-state index contributed by atoms with van der Waals surface area (Å²) in [7, 11) is 0. The normalized spacial score (nSPS) is 11.2. The second-order valence-electron chi connectivity index (χ2n) is 11.3. The molecule has 1 N–H and O–H groups in total. The van der Waals surface area contributed by atoms with Crippen molar-refractivity contribution in [1.82, 2.24) is 9.88 Å². The van der Waals surface area contributed by atoms with Crippen LogP contribution in [0.4, 0.5) is 4.39 Å². The van der Waals surface area contributed by atoms with Crippen LogP contribution in [0.15, 0.2) is 115 Å². The maximum atomic E-state index is 15.3. The van der Waals surface area contributed by atoms with Crippen LogP contribution in [0.25, 0.3) is 22.5 Å². The van der Waals surface area contributed by atoms with Crippen LogP contribution in [0, 0.1) is 5.82 Å². The van der Waals surface area contributed by atoms with Gasteiger partial charge in [0.25, 0.3) is 5.91 Å². The number of carbonyl (C=O) groups excluding carboxylic acids is 3. The minimum Gasteiger partial charge on any atom is -0.456 e. The maximum Gasteiger partial charge on any atom is 0.340 e. The number of benzene rings is 4. The summed E-state index contributed by atoms with van der Waals surface area (Å²) in [5, 5.41) is 2.92. The summed E-state index contributed by atoms with van der Waals surface area (Å²) in [6.45, 7) is 5.73. The molecule has 222 valence electrons. The van der Waals surface area contributed by atoms with Gasteiger partial charge in [0.05, 0.1) is 11.3 Å². The molecule has 5 rings (SSSR count). The molecule has 1 aromatic heterocycles. The van der Waals surface area contributed by atoms with E-state index in [-0.39, 0.29) is 35.9 Å². The van der Waals surface area contributed by atoms with Gasteiger partial charge in [0.15, 0.2) is 5.78 Å². The SMILES string of the molecule is CC(C)(C)OC(=O)c1cc(-c2ccccc2)n(CCNC(=O)c2cccc(C(=O)c3ccccc3)c2)c1-c1ccccc1F. The Morgan fingerprint density at radius 1 is 0.750 bits per heavy atom. The smallest absolute Gasteiger partial charge is 0.340 e. The molecule has 0 fully saturated rings. The van der Waals surface area contributed by atoms with Gasteiger partial charge in [0.1, 0.15) is 11.4 Å². The van der Waals surface area contributed by atoms with Gasteiger partial charge in [-0.25, -0.2) is 9.18 Å². The van der Waals surface area contributed by atoms with Crippen molar-refractivity contribution in [2.75, 3.05) is 6.54 Å². The third-order valence-corrected chi connectivity index (χ3v) is 6.96. The summed E-state index contributed by atoms with van der Waals surface area (Å²) in [6, 6.07) is 32.9. The van der Waals surface area contributed by atoms with E-state index in [4.69, 9.17) is 4.74 Å². The van der Waals surface area contributed by atoms with Crippen molar-refractivity contribution >= 4 is 17.7 Å². The number of carbonyl (C=O) groups is 3. The molecule has 0 aliphatic rings. The van der Waals surface area contributed by atoms with Gasteiger partial charge in [0, 0.05) is 41.0 Å². The first kappa shape index (κ1) is 30.2. The van der Waals surface area contributed by atoms with Crippen molar-refractivity contribution < 1.29 is 23.5 Å². The number of rotatable bonds is 9. The molecule has 0 radical (unpaired) electrons. The Bertz CT molecular complexity index is 1800. The average molecular weight is 589 g/mol. The molecule has 0 unspecified atom stereocenters. The first-order chi connectivity index (χ1) is 21.1. The standard InChI is InChI=1S/C37H33FN2O4/c1-37(2,3)44-36(43)30-24-32(25-13-6-4-7-14-25)40(33(30)29-19-10-11-20-31(29)38)22-21-39-35(42)28-18-12-17-27(23-28)34(41)26-15-8-5-9-16-26/h4-20,23-24H,21-22H2,1-3H3,(H,39,42). The molecule has 4 aromatic carbocycles. The van der Waals surface area contributed by atoms with Crippen molar-refractivity contribution in [3.8, 4) is 22.5 Å². The van der Waals surface area contributed by atoms with Crippen LogP contribution in [0.2, 0.25) is 0 Å². The zero-order valence-electron chi connectivity index (χ0n) is 24.8. The number of hydrogen-bond donors (Lipinski definition) is 1. The molecule has 0 atom stereocenters. The molecule has 0 bridgehead atoms. The quantitative estimate of drug-likeness (QED) is 0.142. The summed E-state index contributed by atoms with van der Waals surface area (Å²) >= 11 is 0. The number of ketones is 1. The highest BCUT2D eigenvalue weighted by Gasteiger charge is 2.28. The van der Waals surface area contributed by atoms with E-state index < -0.39 is 17.4 Å². The number of amides is 1. The topological polar surface area (TPSA) is 77.4 Å². The Balaban J connectivity index is 1.47. The van der Waals surface area contributed by atoms with Crippen molar-refractivity contribution in [1.29, 1.82) is 0 Å². The van der Waals surface area contributed by atoms with Gasteiger partial charge < -0.3 is 14.6 Å². The average Bonchev–Trinajstić information content (AvgIpc) is 3.40. The summed E-state index contributed by atoms with van der Waals surface area (Å²) in [6.07, 6.45) is 0. The summed E-state index contributed by atoms with van der Waals surface area (Å²) in [5.74, 6) is -1.60. The largest absolute Gasteiger partial charge is 0.456 e. The fraction of sp³-hybridized carbons (Fsp3) is 0.162. The fourth-order valence-electron chi connectivity index (χ4n) is 5.00. The zero-order chi connectivity index (χ0) is 31.3. The third-order valence-electron chi connectivity index (χ3n) is 6.96. The molecule has 1 amide bonds. The maximum absolute atomic E-state index is 15.3. The molecule has 0 saturated carbocycles. The van der Waals surface area contributed by atoms with Crippen molar-refractivity contribution in [3.05, 3.63) is 143 Å². The molecule has 0 aliphatic carbocycles. The van der Waals surface area contributed by atoms with E-state index in [2.05, 4.69) is 5.32 Å². The summed E-state index contributed by atoms with van der Waals surface area (Å²) < 4.78 is 22.8. The molecule has 0 saturated heterocycles. The predicted octanol–water partition coefficient (Wildman–Crippen LogP) is 7.58. The molecule has 0 aliphatic heterocycles. The van der Waals surface area contributed by atoms with E-state index in [1.165, 1.54) is 6.07 Å². The fourth-order valence-corrected chi connectivity index (χ4v) is 5.00. The van der Waals surface area contributed by atoms with Gasteiger partial charge in [-0.2, -0.15) is 0 Å². The number of nitrogens with zero attached hydrogens (tertiary/aromatic N) is 1. The van der Waals surface area contributed by atoms with Crippen LogP contribution in [0.5, 0.6) is 0 Å². The minimum absolute atomic E-state index is 0.166. The van der Waals surface area contributed by atoms with E-state index in [1.54, 1.807) is 93.6 Å². The number of nitrogens with one attached hydrogen (secondary N) is 1. The molecular weight excluding hydrogens is 555 g/mol. The van der Waals surface area contributed by atoms with Crippen LogP contribution < -0.4 is 5.32 Å². The van der Waals surface area contributed by atoms with Crippen molar-refractivity contribution in [3.63, 3.8) is 0 Å². The minimum atomic E-state index is -0.761. The van der Waals surface area contributed by atoms with Crippen LogP contribution >= 0.6 is 0 Å². The van der Waals surface area contributed by atoms with Crippen molar-refractivity contribution in [2.24, 2.45) is 0 Å². The Kier molecular flexibility index (Phi) is 8.86. The number of esters is 1. The Hall–Kier alpha value is -5.30. The van der Waals surface area contributed by atoms with Gasteiger partial charge in [-0.3, -0.25) is 9.59 Å². The first-order valence-corrected chi connectivity index (χ1v) is 14.4. The van der Waals surface area contributed by atoms with Gasteiger partial charge in [0.2, 0.25) is 0 Å². The highest BCUT2D eigenvalue weighted by molar-refractivity contribution is 6.10. The lowest BCUT2D eigenvalue weighted by Crippen LogP contribution is -2.28. The lowest BCUT2D eigenvalue weighted by molar-refractivity contribution is 0.00702. The molecular formula is C37H33FN2O4. The van der Waals surface area contributed by atoms with Gasteiger partial charge in [-0.05, 0) is 56.7 Å². The monoisotopic (exact) mass is 588 g/mol. The second-order valence-corrected chi connectivity index (χ2v) is 11.3. The Morgan fingerprint density at radius 2 is 1.36 bits per heavy atom. The Morgan fingerprint density at radius 3 is 2.05 bits per heavy atom. The van der Waals surface area contributed by atoms with E-state index in [1.807, 2.05) is 41.0 Å². The van der Waals surface area contributed by atoms with E-state index >= 15 is 4.39 Å². The summed E-state index contributed by atoms with van der Waals surface area (Å²) in [4.78, 5) is 39.6. The van der Waals surface area contributed by atoms with Gasteiger partial charge >= 0.3 is 5.97 Å². The van der Waals surface area contributed by atoms with Crippen LogP contribution in [-0.4, -0.2) is 34.4 Å². The number of aromatic nitrogens is 1. The van der Waals surface area contributed by atoms with E-state index in [0.717, 1.165) is 5.56 Å². The molecule has 5 aromatic rings. The molecule has 0 spiro atoms. The van der Waals surface area contributed by atoms with Gasteiger partial charge in [-0.1, -0.05) is 84.9 Å². The molecule has 6 nitrogen and oxygen atoms in total. The highest BCUT2D eigenvalue weighted by Crippen LogP contribution is 2.35. The predicted molar refractivity (Wildman–Crippen MR) is 169 cm³/mol. The molecule has 7 heteroatoms. The van der Waals surface area contributed by atoms with Crippen molar-refractivity contribution in [2.45, 2.75) is 32.9 Å². The van der Waals surface area contributed by atoms with E-state index in [9.17, 15) is 14.4 Å². The first-order valence-electron chi connectivity index (χ1n) is 14.4. The molecule has 44 heavy (non-hydrogen) atoms.